The molecule has 166 valence electrons. The second kappa shape index (κ2) is 9.69. The van der Waals surface area contributed by atoms with Gasteiger partial charge in [0.2, 0.25) is 0 Å². The van der Waals surface area contributed by atoms with Crippen molar-refractivity contribution < 1.29 is 9.53 Å². The molecule has 0 aliphatic carbocycles. The number of ether oxygens (including phenoxy) is 1. The van der Waals surface area contributed by atoms with E-state index in [4.69, 9.17) is 16.3 Å². The molecule has 2 amide bonds. The number of nitrogens with zero attached hydrogens (tertiary/aromatic N) is 5. The lowest BCUT2D eigenvalue weighted by Crippen LogP contribution is -2.50. The van der Waals surface area contributed by atoms with Crippen LogP contribution in [0.1, 0.15) is 5.69 Å². The number of halogens is 1. The number of methoxy groups -OCH3 is 1. The van der Waals surface area contributed by atoms with Crippen LogP contribution in [0, 0.1) is 6.92 Å². The molecule has 1 aliphatic heterocycles. The smallest absolute Gasteiger partial charge is 0.322 e. The van der Waals surface area contributed by atoms with E-state index in [2.05, 4.69) is 30.7 Å². The van der Waals surface area contributed by atoms with Crippen LogP contribution < -0.4 is 20.3 Å². The van der Waals surface area contributed by atoms with Crippen molar-refractivity contribution in [1.82, 2.24) is 20.1 Å². The largest absolute Gasteiger partial charge is 0.495 e. The lowest BCUT2D eigenvalue weighted by molar-refractivity contribution is 0.208. The lowest BCUT2D eigenvalue weighted by atomic mass is 10.3. The summed E-state index contributed by atoms with van der Waals surface area (Å²) < 4.78 is 5.29. The molecule has 0 radical (unpaired) electrons. The second-order valence-corrected chi connectivity index (χ2v) is 7.75. The zero-order valence-corrected chi connectivity index (χ0v) is 18.6. The minimum absolute atomic E-state index is 0.193. The van der Waals surface area contributed by atoms with Gasteiger partial charge in [0, 0.05) is 36.9 Å². The van der Waals surface area contributed by atoms with E-state index in [1.54, 1.807) is 30.2 Å². The number of nitrogens with one attached hydrogen (secondary N) is 2. The van der Waals surface area contributed by atoms with Crippen LogP contribution in [-0.2, 0) is 0 Å². The van der Waals surface area contributed by atoms with E-state index in [9.17, 15) is 4.79 Å². The van der Waals surface area contributed by atoms with E-state index in [1.807, 2.05) is 37.3 Å². The van der Waals surface area contributed by atoms with Crippen LogP contribution in [-0.4, -0.2) is 59.4 Å². The van der Waals surface area contributed by atoms with E-state index in [0.717, 1.165) is 17.3 Å². The molecule has 32 heavy (non-hydrogen) atoms. The molecule has 0 unspecified atom stereocenters. The molecule has 1 aromatic carbocycles. The van der Waals surface area contributed by atoms with Gasteiger partial charge in [0.1, 0.15) is 11.6 Å². The van der Waals surface area contributed by atoms with Gasteiger partial charge in [-0.1, -0.05) is 17.7 Å². The average molecular weight is 454 g/mol. The summed E-state index contributed by atoms with van der Waals surface area (Å²) in [5, 5.41) is 15.1. The van der Waals surface area contributed by atoms with Crippen molar-refractivity contribution in [3.05, 3.63) is 59.2 Å². The van der Waals surface area contributed by atoms with Gasteiger partial charge in [-0.05, 0) is 49.4 Å². The van der Waals surface area contributed by atoms with Crippen LogP contribution in [0.4, 0.5) is 27.9 Å². The summed E-state index contributed by atoms with van der Waals surface area (Å²) >= 11 is 6.05. The van der Waals surface area contributed by atoms with E-state index < -0.39 is 0 Å². The molecule has 2 aromatic heterocycles. The summed E-state index contributed by atoms with van der Waals surface area (Å²) in [6.45, 7) is 4.36. The molecule has 1 aliphatic rings. The third kappa shape index (κ3) is 5.17. The number of benzene rings is 1. The van der Waals surface area contributed by atoms with E-state index in [1.165, 1.54) is 0 Å². The van der Waals surface area contributed by atoms with Gasteiger partial charge in [-0.15, -0.1) is 10.2 Å². The summed E-state index contributed by atoms with van der Waals surface area (Å²) in [5.41, 5.74) is 1.47. The molecule has 0 bridgehead atoms. The maximum absolute atomic E-state index is 12.7. The summed E-state index contributed by atoms with van der Waals surface area (Å²) in [6.07, 6.45) is 0. The van der Waals surface area contributed by atoms with Crippen molar-refractivity contribution in [3.8, 4) is 5.75 Å². The fraction of sp³-hybridized carbons (Fsp3) is 0.273. The number of piperazine rings is 1. The Kier molecular flexibility index (Phi) is 6.55. The standard InChI is InChI=1S/C22H24ClN7O2/c1-15-4-3-5-19(24-15)26-20-8-9-21(28-27-20)29-10-12-30(13-11-29)22(31)25-17-14-16(23)6-7-18(17)32-2/h3-9,14H,10-13H2,1-2H3,(H,25,31)(H,24,26,27). The van der Waals surface area contributed by atoms with Gasteiger partial charge >= 0.3 is 6.03 Å². The third-order valence-electron chi connectivity index (χ3n) is 5.09. The van der Waals surface area contributed by atoms with Crippen molar-refractivity contribution in [2.75, 3.05) is 48.8 Å². The molecule has 3 aromatic rings. The first kappa shape index (κ1) is 21.6. The molecule has 0 atom stereocenters. The molecule has 1 fully saturated rings. The maximum atomic E-state index is 12.7. The number of urea groups is 1. The SMILES string of the molecule is COc1ccc(Cl)cc1NC(=O)N1CCN(c2ccc(Nc3cccc(C)n3)nn2)CC1. The minimum Gasteiger partial charge on any atom is -0.495 e. The van der Waals surface area contributed by atoms with E-state index in [-0.39, 0.29) is 6.03 Å². The number of carbonyl (C=O) groups is 1. The predicted molar refractivity (Wildman–Crippen MR) is 125 cm³/mol. The molecule has 1 saturated heterocycles. The number of rotatable bonds is 5. The number of hydrogen-bond donors (Lipinski definition) is 2. The molecule has 0 spiro atoms. The molecular weight excluding hydrogens is 430 g/mol. The van der Waals surface area contributed by atoms with Crippen LogP contribution in [0.25, 0.3) is 0 Å². The Morgan fingerprint density at radius 3 is 2.53 bits per heavy atom. The first-order valence-electron chi connectivity index (χ1n) is 10.2. The number of carbonyl (C=O) groups excluding carboxylic acids is 1. The molecule has 4 rings (SSSR count). The molecule has 9 nitrogen and oxygen atoms in total. The molecule has 10 heteroatoms. The van der Waals surface area contributed by atoms with Crippen LogP contribution in [0.2, 0.25) is 5.02 Å². The summed E-state index contributed by atoms with van der Waals surface area (Å²) in [5.74, 6) is 2.68. The zero-order chi connectivity index (χ0) is 22.5. The van der Waals surface area contributed by atoms with E-state index in [0.29, 0.717) is 48.5 Å². The van der Waals surface area contributed by atoms with Gasteiger partial charge in [0.25, 0.3) is 0 Å². The Morgan fingerprint density at radius 1 is 1.03 bits per heavy atom. The van der Waals surface area contributed by atoms with Gasteiger partial charge < -0.3 is 25.2 Å². The summed E-state index contributed by atoms with van der Waals surface area (Å²) in [6, 6.07) is 14.5. The number of hydrogen-bond acceptors (Lipinski definition) is 7. The lowest BCUT2D eigenvalue weighted by Gasteiger charge is -2.35. The topological polar surface area (TPSA) is 95.5 Å². The Bertz CT molecular complexity index is 1090. The van der Waals surface area contributed by atoms with Crippen LogP contribution in [0.15, 0.2) is 48.5 Å². The van der Waals surface area contributed by atoms with Gasteiger partial charge in [-0.2, -0.15) is 0 Å². The van der Waals surface area contributed by atoms with Gasteiger partial charge in [-0.25, -0.2) is 9.78 Å². The Labute approximate surface area is 191 Å². The number of aryl methyl sites for hydroxylation is 1. The zero-order valence-electron chi connectivity index (χ0n) is 17.9. The number of aromatic nitrogens is 3. The summed E-state index contributed by atoms with van der Waals surface area (Å²) in [7, 11) is 1.55. The predicted octanol–water partition coefficient (Wildman–Crippen LogP) is 3.94. The van der Waals surface area contributed by atoms with Gasteiger partial charge in [-0.3, -0.25) is 0 Å². The van der Waals surface area contributed by atoms with Crippen molar-refractivity contribution in [2.45, 2.75) is 6.92 Å². The highest BCUT2D eigenvalue weighted by atomic mass is 35.5. The minimum atomic E-state index is -0.193. The third-order valence-corrected chi connectivity index (χ3v) is 5.32. The van der Waals surface area contributed by atoms with Crippen LogP contribution in [0.3, 0.4) is 0 Å². The van der Waals surface area contributed by atoms with Gasteiger partial charge in [0.15, 0.2) is 11.6 Å². The van der Waals surface area contributed by atoms with Gasteiger partial charge in [0.05, 0.1) is 12.8 Å². The van der Waals surface area contributed by atoms with Crippen molar-refractivity contribution in [3.63, 3.8) is 0 Å². The van der Waals surface area contributed by atoms with Crippen LogP contribution in [0.5, 0.6) is 5.75 Å². The van der Waals surface area contributed by atoms with Crippen molar-refractivity contribution in [2.24, 2.45) is 0 Å². The fourth-order valence-electron chi connectivity index (χ4n) is 3.42. The molecular formula is C22H24ClN7O2. The first-order valence-corrected chi connectivity index (χ1v) is 10.6. The van der Waals surface area contributed by atoms with Crippen molar-refractivity contribution in [1.29, 1.82) is 0 Å². The highest BCUT2D eigenvalue weighted by Gasteiger charge is 2.23. The van der Waals surface area contributed by atoms with Crippen molar-refractivity contribution >= 4 is 40.8 Å². The Hall–Kier alpha value is -3.59. The summed E-state index contributed by atoms with van der Waals surface area (Å²) in [4.78, 5) is 20.9. The Morgan fingerprint density at radius 2 is 1.84 bits per heavy atom. The average Bonchev–Trinajstić information content (AvgIpc) is 2.80. The normalized spacial score (nSPS) is 13.6. The highest BCUT2D eigenvalue weighted by molar-refractivity contribution is 6.31. The number of amides is 2. The van der Waals surface area contributed by atoms with Crippen LogP contribution >= 0.6 is 11.6 Å². The quantitative estimate of drug-likeness (QED) is 0.604. The molecule has 3 heterocycles. The van der Waals surface area contributed by atoms with E-state index >= 15 is 0 Å². The number of anilines is 4. The Balaban J connectivity index is 1.32. The maximum Gasteiger partial charge on any atom is 0.322 e. The fourth-order valence-corrected chi connectivity index (χ4v) is 3.59. The second-order valence-electron chi connectivity index (χ2n) is 7.31. The molecule has 0 saturated carbocycles. The number of pyridine rings is 1. The highest BCUT2D eigenvalue weighted by Crippen LogP contribution is 2.28. The monoisotopic (exact) mass is 453 g/mol. The molecule has 2 N–H and O–H groups in total. The first-order chi connectivity index (χ1) is 15.5.